The summed E-state index contributed by atoms with van der Waals surface area (Å²) in [6.07, 6.45) is 0.730. The molecule has 20 heavy (non-hydrogen) atoms. The summed E-state index contributed by atoms with van der Waals surface area (Å²) < 4.78 is 5.17. The van der Waals surface area contributed by atoms with E-state index in [1.165, 1.54) is 0 Å². The SMILES string of the molecule is O=C([O-])c1cc(NC(=O)[C@H]2CCCO2)cc(C(=O)[O-])c1. The van der Waals surface area contributed by atoms with Crippen LogP contribution >= 0.6 is 0 Å². The molecule has 0 aromatic heterocycles. The molecule has 106 valence electrons. The van der Waals surface area contributed by atoms with Crippen molar-refractivity contribution < 1.29 is 29.3 Å². The number of carbonyl (C=O) groups is 3. The minimum atomic E-state index is -1.54. The molecule has 0 unspecified atom stereocenters. The van der Waals surface area contributed by atoms with Crippen LogP contribution in [0.4, 0.5) is 5.69 Å². The first kappa shape index (κ1) is 14.0. The van der Waals surface area contributed by atoms with Gasteiger partial charge in [-0.2, -0.15) is 0 Å². The lowest BCUT2D eigenvalue weighted by Crippen LogP contribution is -2.29. The molecule has 1 N–H and O–H groups in total. The number of rotatable bonds is 4. The van der Waals surface area contributed by atoms with Gasteiger partial charge >= 0.3 is 0 Å². The molecule has 2 rings (SSSR count). The molecule has 7 nitrogen and oxygen atoms in total. The van der Waals surface area contributed by atoms with Crippen molar-refractivity contribution in [3.8, 4) is 0 Å². The number of ether oxygens (including phenoxy) is 1. The minimum Gasteiger partial charge on any atom is -0.545 e. The standard InChI is InChI=1S/C13H13NO6/c15-11(10-2-1-3-20-10)14-9-5-7(12(16)17)4-8(6-9)13(18)19/h4-6,10H,1-3H2,(H,14,15)(H,16,17)(H,18,19)/p-2/t10-/m1/s1. The molecule has 0 radical (unpaired) electrons. The molecule has 7 heteroatoms. The predicted molar refractivity (Wildman–Crippen MR) is 62.7 cm³/mol. The number of nitrogens with one attached hydrogen (secondary N) is 1. The third kappa shape index (κ3) is 3.12. The number of aromatic carboxylic acids is 2. The highest BCUT2D eigenvalue weighted by molar-refractivity contribution is 5.98. The van der Waals surface area contributed by atoms with Crippen molar-refractivity contribution in [3.63, 3.8) is 0 Å². The maximum Gasteiger partial charge on any atom is 0.253 e. The molecule has 0 bridgehead atoms. The molecule has 1 aliphatic heterocycles. The fourth-order valence-electron chi connectivity index (χ4n) is 1.94. The van der Waals surface area contributed by atoms with Gasteiger partial charge in [0.2, 0.25) is 0 Å². The van der Waals surface area contributed by atoms with Crippen LogP contribution in [0.5, 0.6) is 0 Å². The van der Waals surface area contributed by atoms with Gasteiger partial charge in [-0.3, -0.25) is 4.79 Å². The summed E-state index contributed by atoms with van der Waals surface area (Å²) >= 11 is 0. The number of carboxylic acid groups (broad SMARTS) is 2. The molecule has 0 aliphatic carbocycles. The number of anilines is 1. The Morgan fingerprint density at radius 1 is 1.10 bits per heavy atom. The Morgan fingerprint density at radius 3 is 2.15 bits per heavy atom. The molecule has 1 amide bonds. The zero-order chi connectivity index (χ0) is 14.7. The van der Waals surface area contributed by atoms with Crippen LogP contribution in [-0.2, 0) is 9.53 Å². The molecule has 1 atom stereocenters. The van der Waals surface area contributed by atoms with Crippen LogP contribution in [0.25, 0.3) is 0 Å². The number of hydrogen-bond acceptors (Lipinski definition) is 6. The van der Waals surface area contributed by atoms with Gasteiger partial charge in [-0.1, -0.05) is 0 Å². The number of carbonyl (C=O) groups excluding carboxylic acids is 3. The molecule has 1 aliphatic rings. The summed E-state index contributed by atoms with van der Waals surface area (Å²) in [7, 11) is 0. The smallest absolute Gasteiger partial charge is 0.253 e. The molecule has 0 saturated carbocycles. The predicted octanol–water partition coefficient (Wildman–Crippen LogP) is -1.47. The van der Waals surface area contributed by atoms with Crippen molar-refractivity contribution in [2.24, 2.45) is 0 Å². The van der Waals surface area contributed by atoms with E-state index in [9.17, 15) is 24.6 Å². The molecule has 1 heterocycles. The van der Waals surface area contributed by atoms with Crippen molar-refractivity contribution in [1.29, 1.82) is 0 Å². The lowest BCUT2D eigenvalue weighted by Gasteiger charge is -2.14. The average Bonchev–Trinajstić information content (AvgIpc) is 2.92. The van der Waals surface area contributed by atoms with Crippen LogP contribution in [0.1, 0.15) is 33.6 Å². The quantitative estimate of drug-likeness (QED) is 0.717. The van der Waals surface area contributed by atoms with E-state index in [0.717, 1.165) is 24.6 Å². The van der Waals surface area contributed by atoms with Gasteiger partial charge in [0.25, 0.3) is 5.91 Å². The van der Waals surface area contributed by atoms with E-state index in [4.69, 9.17) is 4.74 Å². The van der Waals surface area contributed by atoms with E-state index < -0.39 is 23.9 Å². The van der Waals surface area contributed by atoms with E-state index in [2.05, 4.69) is 5.32 Å². The molecular weight excluding hydrogens is 266 g/mol. The van der Waals surface area contributed by atoms with Gasteiger partial charge in [-0.05, 0) is 42.2 Å². The summed E-state index contributed by atoms with van der Waals surface area (Å²) in [5, 5.41) is 24.0. The first-order valence-corrected chi connectivity index (χ1v) is 5.97. The van der Waals surface area contributed by atoms with Crippen LogP contribution in [0, 0.1) is 0 Å². The van der Waals surface area contributed by atoms with Crippen molar-refractivity contribution in [2.75, 3.05) is 11.9 Å². The van der Waals surface area contributed by atoms with Crippen LogP contribution in [0.2, 0.25) is 0 Å². The van der Waals surface area contributed by atoms with Crippen LogP contribution < -0.4 is 15.5 Å². The first-order valence-electron chi connectivity index (χ1n) is 5.97. The third-order valence-electron chi connectivity index (χ3n) is 2.89. The normalized spacial score (nSPS) is 17.7. The summed E-state index contributed by atoms with van der Waals surface area (Å²) in [6, 6.07) is 3.15. The number of carboxylic acids is 2. The number of benzene rings is 1. The maximum absolute atomic E-state index is 11.8. The van der Waals surface area contributed by atoms with E-state index >= 15 is 0 Å². The molecule has 1 fully saturated rings. The Labute approximate surface area is 114 Å². The van der Waals surface area contributed by atoms with Crippen molar-refractivity contribution in [3.05, 3.63) is 29.3 Å². The summed E-state index contributed by atoms with van der Waals surface area (Å²) in [5.41, 5.74) is -0.657. The van der Waals surface area contributed by atoms with Crippen LogP contribution in [0.3, 0.4) is 0 Å². The highest BCUT2D eigenvalue weighted by atomic mass is 16.5. The Kier molecular flexibility index (Phi) is 3.99. The first-order chi connectivity index (χ1) is 9.47. The highest BCUT2D eigenvalue weighted by Crippen LogP contribution is 2.18. The summed E-state index contributed by atoms with van der Waals surface area (Å²) in [6.45, 7) is 0.488. The minimum absolute atomic E-state index is 0.0476. The van der Waals surface area contributed by atoms with Gasteiger partial charge in [-0.25, -0.2) is 0 Å². The monoisotopic (exact) mass is 277 g/mol. The van der Waals surface area contributed by atoms with Gasteiger partial charge in [-0.15, -0.1) is 0 Å². The van der Waals surface area contributed by atoms with Crippen LogP contribution in [0.15, 0.2) is 18.2 Å². The zero-order valence-electron chi connectivity index (χ0n) is 10.4. The van der Waals surface area contributed by atoms with Crippen molar-refractivity contribution in [1.82, 2.24) is 0 Å². The Morgan fingerprint density at radius 2 is 1.70 bits per heavy atom. The van der Waals surface area contributed by atoms with Gasteiger partial charge in [0.05, 0.1) is 11.9 Å². The second-order valence-corrected chi connectivity index (χ2v) is 4.36. The fourth-order valence-corrected chi connectivity index (χ4v) is 1.94. The van der Waals surface area contributed by atoms with E-state index in [0.29, 0.717) is 13.0 Å². The zero-order valence-corrected chi connectivity index (χ0v) is 10.4. The van der Waals surface area contributed by atoms with E-state index in [-0.39, 0.29) is 16.8 Å². The maximum atomic E-state index is 11.8. The number of hydrogen-bond donors (Lipinski definition) is 1. The van der Waals surface area contributed by atoms with Gasteiger partial charge in [0, 0.05) is 12.3 Å². The Balaban J connectivity index is 2.23. The topological polar surface area (TPSA) is 119 Å². The molecule has 0 spiro atoms. The summed E-state index contributed by atoms with van der Waals surface area (Å²) in [4.78, 5) is 33.4. The molecular formula is C13H11NO6-2. The average molecular weight is 277 g/mol. The van der Waals surface area contributed by atoms with Gasteiger partial charge < -0.3 is 29.9 Å². The van der Waals surface area contributed by atoms with Gasteiger partial charge in [0.1, 0.15) is 6.10 Å². The lowest BCUT2D eigenvalue weighted by molar-refractivity contribution is -0.255. The molecule has 1 aromatic rings. The van der Waals surface area contributed by atoms with E-state index in [1.54, 1.807) is 0 Å². The van der Waals surface area contributed by atoms with Gasteiger partial charge in [0.15, 0.2) is 0 Å². The largest absolute Gasteiger partial charge is 0.545 e. The lowest BCUT2D eigenvalue weighted by atomic mass is 10.1. The second kappa shape index (κ2) is 5.70. The molecule has 1 aromatic carbocycles. The fraction of sp³-hybridized carbons (Fsp3) is 0.308. The second-order valence-electron chi connectivity index (χ2n) is 4.36. The highest BCUT2D eigenvalue weighted by Gasteiger charge is 2.23. The third-order valence-corrected chi connectivity index (χ3v) is 2.89. The Bertz CT molecular complexity index is 530. The van der Waals surface area contributed by atoms with Crippen molar-refractivity contribution in [2.45, 2.75) is 18.9 Å². The van der Waals surface area contributed by atoms with Crippen molar-refractivity contribution >= 4 is 23.5 Å². The van der Waals surface area contributed by atoms with E-state index in [1.807, 2.05) is 0 Å². The number of amides is 1. The van der Waals surface area contributed by atoms with Crippen LogP contribution in [-0.4, -0.2) is 30.6 Å². The Hall–Kier alpha value is -2.41. The summed E-state index contributed by atoms with van der Waals surface area (Å²) in [5.74, 6) is -3.52. The molecule has 1 saturated heterocycles.